The second-order valence-corrected chi connectivity index (χ2v) is 9.05. The molecule has 2 fully saturated rings. The molecular formula is C18H24N2O2S. The Labute approximate surface area is 142 Å². The molecule has 0 aliphatic carbocycles. The van der Waals surface area contributed by atoms with Crippen molar-refractivity contribution < 1.29 is 9.59 Å². The van der Waals surface area contributed by atoms with Crippen LogP contribution in [-0.2, 0) is 15.0 Å². The number of anilines is 1. The van der Waals surface area contributed by atoms with Gasteiger partial charge in [-0.3, -0.25) is 9.59 Å². The van der Waals surface area contributed by atoms with E-state index < -0.39 is 0 Å². The van der Waals surface area contributed by atoms with E-state index in [2.05, 4.69) is 33.0 Å². The Morgan fingerprint density at radius 2 is 2.04 bits per heavy atom. The number of carbonyl (C=O) groups is 2. The summed E-state index contributed by atoms with van der Waals surface area (Å²) in [5.74, 6) is 0.695. The van der Waals surface area contributed by atoms with Crippen LogP contribution in [0.5, 0.6) is 0 Å². The lowest BCUT2D eigenvalue weighted by atomic mass is 9.86. The summed E-state index contributed by atoms with van der Waals surface area (Å²) >= 11 is 1.72. The lowest BCUT2D eigenvalue weighted by Crippen LogP contribution is -2.48. The molecule has 4 nitrogen and oxygen atoms in total. The highest BCUT2D eigenvalue weighted by Crippen LogP contribution is 2.47. The van der Waals surface area contributed by atoms with E-state index in [-0.39, 0.29) is 28.1 Å². The van der Waals surface area contributed by atoms with Gasteiger partial charge >= 0.3 is 0 Å². The van der Waals surface area contributed by atoms with Crippen molar-refractivity contribution in [3.05, 3.63) is 29.8 Å². The molecule has 0 bridgehead atoms. The van der Waals surface area contributed by atoms with E-state index in [1.54, 1.807) is 16.7 Å². The molecule has 2 saturated heterocycles. The lowest BCUT2D eigenvalue weighted by molar-refractivity contribution is -0.135. The van der Waals surface area contributed by atoms with Crippen molar-refractivity contribution in [2.75, 3.05) is 11.1 Å². The maximum absolute atomic E-state index is 12.8. The summed E-state index contributed by atoms with van der Waals surface area (Å²) in [6, 6.07) is 7.53. The molecule has 2 aliphatic rings. The third kappa shape index (κ3) is 2.87. The Hall–Kier alpha value is -1.49. The van der Waals surface area contributed by atoms with Gasteiger partial charge in [0.25, 0.3) is 0 Å². The van der Waals surface area contributed by atoms with Crippen molar-refractivity contribution in [3.63, 3.8) is 0 Å². The molecule has 0 aromatic heterocycles. The second kappa shape index (κ2) is 5.55. The van der Waals surface area contributed by atoms with Crippen LogP contribution in [-0.4, -0.2) is 33.4 Å². The molecular weight excluding hydrogens is 308 g/mol. The Morgan fingerprint density at radius 3 is 2.74 bits per heavy atom. The summed E-state index contributed by atoms with van der Waals surface area (Å²) in [7, 11) is 0. The minimum atomic E-state index is -0.368. The fourth-order valence-corrected chi connectivity index (χ4v) is 4.91. The van der Waals surface area contributed by atoms with E-state index in [1.165, 1.54) is 0 Å². The fourth-order valence-electron chi connectivity index (χ4n) is 3.48. The van der Waals surface area contributed by atoms with Crippen molar-refractivity contribution in [3.8, 4) is 0 Å². The Morgan fingerprint density at radius 1 is 1.35 bits per heavy atom. The van der Waals surface area contributed by atoms with Gasteiger partial charge in [0.1, 0.15) is 6.04 Å². The minimum Gasteiger partial charge on any atom is -0.324 e. The van der Waals surface area contributed by atoms with Gasteiger partial charge in [0.15, 0.2) is 0 Å². The smallest absolute Gasteiger partial charge is 0.248 e. The molecule has 2 atom stereocenters. The van der Waals surface area contributed by atoms with E-state index >= 15 is 0 Å². The van der Waals surface area contributed by atoms with Crippen LogP contribution in [0.2, 0.25) is 0 Å². The van der Waals surface area contributed by atoms with E-state index in [9.17, 15) is 9.59 Å². The van der Waals surface area contributed by atoms with Gasteiger partial charge in [-0.1, -0.05) is 39.0 Å². The average Bonchev–Trinajstić information content (AvgIpc) is 2.95. The van der Waals surface area contributed by atoms with Gasteiger partial charge in [-0.15, -0.1) is 11.8 Å². The summed E-state index contributed by atoms with van der Waals surface area (Å²) in [6.45, 7) is 8.46. The third-order valence-electron chi connectivity index (χ3n) is 4.74. The minimum absolute atomic E-state index is 0.0493. The standard InChI is InChI=1S/C18H24N2O2S/c1-17(2,3)12-7-5-6-8-13(12)19-16(22)14-11-23-18(4)10-9-15(21)20(14)18/h5-8,14H,9-11H2,1-4H3,(H,19,22)/t14-,18-/m0/s1. The number of para-hydroxylation sites is 1. The first kappa shape index (κ1) is 16.4. The quantitative estimate of drug-likeness (QED) is 0.903. The number of fused-ring (bicyclic) bond motifs is 1. The zero-order valence-electron chi connectivity index (χ0n) is 14.2. The van der Waals surface area contributed by atoms with Crippen LogP contribution in [0.3, 0.4) is 0 Å². The molecule has 3 rings (SSSR count). The largest absolute Gasteiger partial charge is 0.324 e. The number of benzene rings is 1. The summed E-state index contributed by atoms with van der Waals surface area (Å²) in [5.41, 5.74) is 1.90. The molecule has 124 valence electrons. The summed E-state index contributed by atoms with van der Waals surface area (Å²) < 4.78 is 0. The van der Waals surface area contributed by atoms with Gasteiger partial charge in [-0.25, -0.2) is 0 Å². The van der Waals surface area contributed by atoms with Gasteiger partial charge in [0, 0.05) is 17.9 Å². The maximum atomic E-state index is 12.8. The topological polar surface area (TPSA) is 49.4 Å². The van der Waals surface area contributed by atoms with Crippen molar-refractivity contribution in [1.29, 1.82) is 0 Å². The molecule has 2 amide bonds. The number of amides is 2. The zero-order chi connectivity index (χ0) is 16.8. The molecule has 2 heterocycles. The van der Waals surface area contributed by atoms with Crippen LogP contribution < -0.4 is 5.32 Å². The first-order valence-corrected chi connectivity index (χ1v) is 9.07. The van der Waals surface area contributed by atoms with Crippen LogP contribution in [0.1, 0.15) is 46.1 Å². The van der Waals surface area contributed by atoms with Gasteiger partial charge in [0.2, 0.25) is 11.8 Å². The second-order valence-electron chi connectivity index (χ2n) is 7.55. The van der Waals surface area contributed by atoms with Crippen LogP contribution in [0.4, 0.5) is 5.69 Å². The summed E-state index contributed by atoms with van der Waals surface area (Å²) in [6.07, 6.45) is 1.38. The van der Waals surface area contributed by atoms with Gasteiger partial charge < -0.3 is 10.2 Å². The number of carbonyl (C=O) groups excluding carboxylic acids is 2. The highest BCUT2D eigenvalue weighted by molar-refractivity contribution is 8.01. The number of rotatable bonds is 2. The third-order valence-corrected chi connectivity index (χ3v) is 6.25. The van der Waals surface area contributed by atoms with E-state index in [0.29, 0.717) is 12.2 Å². The molecule has 1 aromatic rings. The predicted molar refractivity (Wildman–Crippen MR) is 94.5 cm³/mol. The molecule has 0 unspecified atom stereocenters. The maximum Gasteiger partial charge on any atom is 0.248 e. The first-order valence-electron chi connectivity index (χ1n) is 8.09. The van der Waals surface area contributed by atoms with E-state index in [0.717, 1.165) is 17.7 Å². The molecule has 0 spiro atoms. The Kier molecular flexibility index (Phi) is 3.95. The number of hydrogen-bond donors (Lipinski definition) is 1. The Balaban J connectivity index is 1.83. The van der Waals surface area contributed by atoms with Crippen LogP contribution in [0, 0.1) is 0 Å². The van der Waals surface area contributed by atoms with Gasteiger partial charge in [-0.2, -0.15) is 0 Å². The van der Waals surface area contributed by atoms with E-state index in [1.807, 2.05) is 24.3 Å². The lowest BCUT2D eigenvalue weighted by Gasteiger charge is -2.30. The molecule has 2 aliphatic heterocycles. The molecule has 0 saturated carbocycles. The van der Waals surface area contributed by atoms with Gasteiger partial charge in [-0.05, 0) is 30.4 Å². The average molecular weight is 332 g/mol. The van der Waals surface area contributed by atoms with E-state index in [4.69, 9.17) is 0 Å². The molecule has 23 heavy (non-hydrogen) atoms. The van der Waals surface area contributed by atoms with Crippen molar-refractivity contribution >= 4 is 29.3 Å². The van der Waals surface area contributed by atoms with Crippen LogP contribution in [0.15, 0.2) is 24.3 Å². The fraction of sp³-hybridized carbons (Fsp3) is 0.556. The molecule has 5 heteroatoms. The molecule has 0 radical (unpaired) electrons. The molecule has 1 aromatic carbocycles. The molecule has 1 N–H and O–H groups in total. The van der Waals surface area contributed by atoms with Crippen LogP contribution >= 0.6 is 11.8 Å². The monoisotopic (exact) mass is 332 g/mol. The Bertz CT molecular complexity index is 653. The first-order chi connectivity index (χ1) is 10.7. The van der Waals surface area contributed by atoms with Crippen molar-refractivity contribution in [2.45, 2.75) is 56.9 Å². The highest BCUT2D eigenvalue weighted by atomic mass is 32.2. The zero-order valence-corrected chi connectivity index (χ0v) is 15.0. The number of thioether (sulfide) groups is 1. The van der Waals surface area contributed by atoms with Gasteiger partial charge in [0.05, 0.1) is 4.87 Å². The number of nitrogens with zero attached hydrogens (tertiary/aromatic N) is 1. The van der Waals surface area contributed by atoms with Crippen LogP contribution in [0.25, 0.3) is 0 Å². The van der Waals surface area contributed by atoms with Crippen molar-refractivity contribution in [2.24, 2.45) is 0 Å². The highest BCUT2D eigenvalue weighted by Gasteiger charge is 2.52. The number of hydrogen-bond acceptors (Lipinski definition) is 3. The summed E-state index contributed by atoms with van der Waals surface area (Å²) in [5, 5.41) is 3.06. The predicted octanol–water partition coefficient (Wildman–Crippen LogP) is 3.38. The SMILES string of the molecule is CC(C)(C)c1ccccc1NC(=O)[C@@H]1CS[C@@]2(C)CCC(=O)N12. The number of nitrogens with one attached hydrogen (secondary N) is 1. The van der Waals surface area contributed by atoms with Crippen molar-refractivity contribution in [1.82, 2.24) is 4.90 Å². The normalized spacial score (nSPS) is 27.2. The summed E-state index contributed by atoms with van der Waals surface area (Å²) in [4.78, 5) is 26.6.